The fourth-order valence-corrected chi connectivity index (χ4v) is 3.50. The van der Waals surface area contributed by atoms with E-state index in [0.29, 0.717) is 12.5 Å². The number of rotatable bonds is 3. The maximum Gasteiger partial charge on any atom is 0.209 e. The Morgan fingerprint density at radius 3 is 2.96 bits per heavy atom. The lowest BCUT2D eigenvalue weighted by Gasteiger charge is -2.29. The number of H-pyrrole nitrogens is 1. The molecule has 0 aliphatic carbocycles. The molecule has 1 unspecified atom stereocenters. The van der Waals surface area contributed by atoms with Gasteiger partial charge in [-0.2, -0.15) is 0 Å². The second-order valence-electron chi connectivity index (χ2n) is 6.20. The van der Waals surface area contributed by atoms with Crippen LogP contribution in [0.15, 0.2) is 12.3 Å². The van der Waals surface area contributed by atoms with Gasteiger partial charge in [-0.1, -0.05) is 0 Å². The van der Waals surface area contributed by atoms with Gasteiger partial charge in [0, 0.05) is 32.4 Å². The molecule has 0 aromatic carbocycles. The summed E-state index contributed by atoms with van der Waals surface area (Å²) < 4.78 is 5.78. The normalized spacial score (nSPS) is 23.3. The molecule has 2 aliphatic rings. The number of imidazole rings is 1. The minimum absolute atomic E-state index is 0.0392. The Bertz CT molecular complexity index is 687. The predicted octanol–water partition coefficient (Wildman–Crippen LogP) is 0.955. The average Bonchev–Trinajstić information content (AvgIpc) is 3.07. The largest absolute Gasteiger partial charge is 0.368 e. The van der Waals surface area contributed by atoms with Crippen LogP contribution in [-0.4, -0.2) is 59.0 Å². The number of pyridine rings is 1. The van der Waals surface area contributed by atoms with E-state index in [0.717, 1.165) is 62.4 Å². The van der Waals surface area contributed by atoms with Crippen LogP contribution in [0, 0.1) is 0 Å². The number of ether oxygens (including phenoxy) is 1. The fraction of sp³-hybridized carbons (Fsp3) is 0.562. The van der Waals surface area contributed by atoms with Crippen molar-refractivity contribution in [1.82, 2.24) is 25.2 Å². The molecule has 1 atom stereocenters. The van der Waals surface area contributed by atoms with Crippen molar-refractivity contribution in [3.05, 3.63) is 23.7 Å². The van der Waals surface area contributed by atoms with Crippen LogP contribution in [0.25, 0.3) is 11.2 Å². The van der Waals surface area contributed by atoms with Crippen molar-refractivity contribution in [3.63, 3.8) is 0 Å². The van der Waals surface area contributed by atoms with Crippen molar-refractivity contribution in [1.29, 1.82) is 0 Å². The van der Waals surface area contributed by atoms with Crippen LogP contribution in [0.4, 0.5) is 0 Å². The van der Waals surface area contributed by atoms with E-state index >= 15 is 0 Å². The molecule has 122 valence electrons. The molecule has 4 heterocycles. The molecule has 2 aliphatic heterocycles. The predicted molar refractivity (Wildman–Crippen MR) is 85.1 cm³/mol. The molecular weight excluding hydrogens is 294 g/mol. The smallest absolute Gasteiger partial charge is 0.209 e. The highest BCUT2D eigenvalue weighted by Crippen LogP contribution is 2.32. The highest BCUT2D eigenvalue weighted by Gasteiger charge is 2.24. The van der Waals surface area contributed by atoms with Gasteiger partial charge in [0.15, 0.2) is 5.65 Å². The molecule has 2 aromatic heterocycles. The summed E-state index contributed by atoms with van der Waals surface area (Å²) in [4.78, 5) is 25.2. The van der Waals surface area contributed by atoms with Crippen LogP contribution < -0.4 is 5.32 Å². The van der Waals surface area contributed by atoms with E-state index in [1.807, 2.05) is 11.1 Å². The number of amides is 1. The van der Waals surface area contributed by atoms with Crippen LogP contribution in [-0.2, 0) is 9.53 Å². The summed E-state index contributed by atoms with van der Waals surface area (Å²) in [6, 6.07) is 2.07. The molecule has 2 fully saturated rings. The van der Waals surface area contributed by atoms with Crippen LogP contribution >= 0.6 is 0 Å². The van der Waals surface area contributed by atoms with E-state index in [-0.39, 0.29) is 6.10 Å². The van der Waals surface area contributed by atoms with E-state index in [1.54, 1.807) is 0 Å². The maximum absolute atomic E-state index is 10.9. The SMILES string of the molecule is O=CN1CCC(c2ccnc3nc(C4CNCCO4)[nH]c23)CC1. The van der Waals surface area contributed by atoms with E-state index in [9.17, 15) is 4.79 Å². The number of piperidine rings is 1. The summed E-state index contributed by atoms with van der Waals surface area (Å²) in [5.41, 5.74) is 3.02. The first kappa shape index (κ1) is 14.6. The molecule has 4 rings (SSSR count). The van der Waals surface area contributed by atoms with Crippen LogP contribution in [0.3, 0.4) is 0 Å². The minimum atomic E-state index is -0.0392. The van der Waals surface area contributed by atoms with Gasteiger partial charge in [-0.05, 0) is 30.4 Å². The van der Waals surface area contributed by atoms with Gasteiger partial charge in [0.1, 0.15) is 11.9 Å². The van der Waals surface area contributed by atoms with E-state index in [4.69, 9.17) is 4.74 Å². The van der Waals surface area contributed by atoms with Gasteiger partial charge < -0.3 is 19.9 Å². The van der Waals surface area contributed by atoms with Gasteiger partial charge in [0.2, 0.25) is 6.41 Å². The van der Waals surface area contributed by atoms with Gasteiger partial charge in [-0.15, -0.1) is 0 Å². The number of morpholine rings is 1. The summed E-state index contributed by atoms with van der Waals surface area (Å²) in [6.07, 6.45) is 4.69. The Kier molecular flexibility index (Phi) is 3.97. The number of aromatic amines is 1. The van der Waals surface area contributed by atoms with Crippen LogP contribution in [0.1, 0.15) is 36.3 Å². The summed E-state index contributed by atoms with van der Waals surface area (Å²) in [6.45, 7) is 3.98. The monoisotopic (exact) mass is 315 g/mol. The molecule has 0 radical (unpaired) electrons. The molecule has 0 saturated carbocycles. The molecule has 0 bridgehead atoms. The van der Waals surface area contributed by atoms with Gasteiger partial charge in [0.05, 0.1) is 12.1 Å². The van der Waals surface area contributed by atoms with E-state index < -0.39 is 0 Å². The Morgan fingerprint density at radius 2 is 2.22 bits per heavy atom. The third kappa shape index (κ3) is 2.82. The number of carbonyl (C=O) groups excluding carboxylic acids is 1. The van der Waals surface area contributed by atoms with Gasteiger partial charge in [-0.3, -0.25) is 4.79 Å². The Labute approximate surface area is 134 Å². The molecule has 7 heteroatoms. The summed E-state index contributed by atoms with van der Waals surface area (Å²) in [5, 5.41) is 3.32. The number of hydrogen-bond donors (Lipinski definition) is 2. The zero-order chi connectivity index (χ0) is 15.6. The van der Waals surface area contributed by atoms with Gasteiger partial charge in [-0.25, -0.2) is 9.97 Å². The maximum atomic E-state index is 10.9. The first-order valence-corrected chi connectivity index (χ1v) is 8.21. The zero-order valence-corrected chi connectivity index (χ0v) is 13.0. The first-order chi connectivity index (χ1) is 11.3. The number of carbonyl (C=O) groups is 1. The second kappa shape index (κ2) is 6.25. The minimum Gasteiger partial charge on any atom is -0.368 e. The number of fused-ring (bicyclic) bond motifs is 1. The molecule has 2 aromatic rings. The first-order valence-electron chi connectivity index (χ1n) is 8.21. The molecule has 0 spiro atoms. The molecule has 23 heavy (non-hydrogen) atoms. The van der Waals surface area contributed by atoms with Crippen LogP contribution in [0.5, 0.6) is 0 Å². The number of hydrogen-bond acceptors (Lipinski definition) is 5. The van der Waals surface area contributed by atoms with Crippen molar-refractivity contribution >= 4 is 17.6 Å². The summed E-state index contributed by atoms with van der Waals surface area (Å²) in [7, 11) is 0. The third-order valence-electron chi connectivity index (χ3n) is 4.79. The number of likely N-dealkylation sites (tertiary alicyclic amines) is 1. The Hall–Kier alpha value is -1.99. The van der Waals surface area contributed by atoms with Crippen LogP contribution in [0.2, 0.25) is 0 Å². The molecule has 1 amide bonds. The lowest BCUT2D eigenvalue weighted by atomic mass is 9.89. The third-order valence-corrected chi connectivity index (χ3v) is 4.79. The lowest BCUT2D eigenvalue weighted by Crippen LogP contribution is -2.33. The van der Waals surface area contributed by atoms with E-state index in [1.165, 1.54) is 5.56 Å². The standard InChI is InChI=1S/C16H21N5O2/c22-10-21-6-2-11(3-7-21)12-1-4-18-16-14(12)19-15(20-16)13-9-17-5-8-23-13/h1,4,10-11,13,17H,2-3,5-9H2,(H,18,19,20). The quantitative estimate of drug-likeness (QED) is 0.824. The van der Waals surface area contributed by atoms with Crippen molar-refractivity contribution in [2.75, 3.05) is 32.8 Å². The average molecular weight is 315 g/mol. The van der Waals surface area contributed by atoms with E-state index in [2.05, 4.69) is 26.3 Å². The zero-order valence-electron chi connectivity index (χ0n) is 13.0. The highest BCUT2D eigenvalue weighted by atomic mass is 16.5. The van der Waals surface area contributed by atoms with Gasteiger partial charge >= 0.3 is 0 Å². The van der Waals surface area contributed by atoms with Gasteiger partial charge in [0.25, 0.3) is 0 Å². The number of aromatic nitrogens is 3. The van der Waals surface area contributed by atoms with Crippen molar-refractivity contribution in [3.8, 4) is 0 Å². The Morgan fingerprint density at radius 1 is 1.35 bits per heavy atom. The summed E-state index contributed by atoms with van der Waals surface area (Å²) in [5.74, 6) is 1.29. The second-order valence-corrected chi connectivity index (χ2v) is 6.20. The lowest BCUT2D eigenvalue weighted by molar-refractivity contribution is -0.119. The summed E-state index contributed by atoms with van der Waals surface area (Å²) >= 11 is 0. The highest BCUT2D eigenvalue weighted by molar-refractivity contribution is 5.75. The number of nitrogens with one attached hydrogen (secondary N) is 2. The van der Waals surface area contributed by atoms with Crippen molar-refractivity contribution < 1.29 is 9.53 Å². The van der Waals surface area contributed by atoms with Crippen molar-refractivity contribution in [2.45, 2.75) is 24.9 Å². The topological polar surface area (TPSA) is 83.1 Å². The van der Waals surface area contributed by atoms with Crippen molar-refractivity contribution in [2.24, 2.45) is 0 Å². The Balaban J connectivity index is 1.62. The molecule has 7 nitrogen and oxygen atoms in total. The number of nitrogens with zero attached hydrogens (tertiary/aromatic N) is 3. The molecule has 2 N–H and O–H groups in total. The molecular formula is C16H21N5O2. The molecule has 2 saturated heterocycles. The fourth-order valence-electron chi connectivity index (χ4n) is 3.50.